The summed E-state index contributed by atoms with van der Waals surface area (Å²) in [6, 6.07) is 9.45. The molecular formula is C22H19ClF3N5O. The first-order valence-electron chi connectivity index (χ1n) is 9.69. The Labute approximate surface area is 186 Å². The third-order valence-corrected chi connectivity index (χ3v) is 4.77. The molecule has 3 heterocycles. The van der Waals surface area contributed by atoms with E-state index in [4.69, 9.17) is 16.0 Å². The number of aryl methyl sites for hydroxylation is 1. The number of hydrogen-bond donors (Lipinski definition) is 0. The summed E-state index contributed by atoms with van der Waals surface area (Å²) in [5.74, 6) is -0.0598. The predicted molar refractivity (Wildman–Crippen MR) is 114 cm³/mol. The molecule has 0 fully saturated rings. The molecule has 0 aliphatic heterocycles. The Hall–Kier alpha value is -3.20. The maximum absolute atomic E-state index is 13.5. The lowest BCUT2D eigenvalue weighted by Crippen LogP contribution is -2.18. The van der Waals surface area contributed by atoms with E-state index in [2.05, 4.69) is 20.1 Å². The molecule has 0 unspecified atom stereocenters. The van der Waals surface area contributed by atoms with Crippen LogP contribution >= 0.6 is 11.6 Å². The van der Waals surface area contributed by atoms with E-state index in [1.165, 1.54) is 12.3 Å². The summed E-state index contributed by atoms with van der Waals surface area (Å²) in [7, 11) is 0. The summed E-state index contributed by atoms with van der Waals surface area (Å²) >= 11 is 6.21. The van der Waals surface area contributed by atoms with Gasteiger partial charge in [0.05, 0.1) is 21.5 Å². The fourth-order valence-electron chi connectivity index (χ4n) is 3.11. The summed E-state index contributed by atoms with van der Waals surface area (Å²) < 4.78 is 47.5. The summed E-state index contributed by atoms with van der Waals surface area (Å²) in [4.78, 5) is 13.2. The Balaban J connectivity index is 2.09. The van der Waals surface area contributed by atoms with E-state index in [0.717, 1.165) is 16.3 Å². The number of para-hydroxylation sites is 1. The van der Waals surface area contributed by atoms with E-state index >= 15 is 0 Å². The molecule has 10 heteroatoms. The van der Waals surface area contributed by atoms with Gasteiger partial charge in [0.25, 0.3) is 0 Å². The molecule has 32 heavy (non-hydrogen) atoms. The lowest BCUT2D eigenvalue weighted by atomic mass is 10.1. The Morgan fingerprint density at radius 2 is 1.84 bits per heavy atom. The van der Waals surface area contributed by atoms with Gasteiger partial charge in [-0.3, -0.25) is 0 Å². The minimum Gasteiger partial charge on any atom is -0.418 e. The average Bonchev–Trinajstić information content (AvgIpc) is 3.13. The van der Waals surface area contributed by atoms with Crippen molar-refractivity contribution in [3.05, 3.63) is 64.4 Å². The van der Waals surface area contributed by atoms with Crippen molar-refractivity contribution in [1.29, 1.82) is 0 Å². The van der Waals surface area contributed by atoms with E-state index in [-0.39, 0.29) is 28.0 Å². The molecule has 0 spiro atoms. The van der Waals surface area contributed by atoms with E-state index in [9.17, 15) is 13.2 Å². The van der Waals surface area contributed by atoms with Crippen LogP contribution in [0.15, 0.2) is 52.0 Å². The van der Waals surface area contributed by atoms with Crippen LogP contribution in [0, 0.1) is 6.92 Å². The standard InChI is InChI=1S/C22H19ClF3N5O/c1-12-7-5-8-13-17(12)28-20(32-19(13)29-21(2,3)4)15-11-16(22(24,25)26)30-31(15)18-14(23)9-6-10-27-18/h5-11H,1-4H3/b29-19-. The number of pyridine rings is 1. The van der Waals surface area contributed by atoms with Gasteiger partial charge in [0.2, 0.25) is 11.4 Å². The van der Waals surface area contributed by atoms with Crippen LogP contribution in [0.3, 0.4) is 0 Å². The van der Waals surface area contributed by atoms with Crippen molar-refractivity contribution in [2.24, 2.45) is 4.99 Å². The van der Waals surface area contributed by atoms with Crippen molar-refractivity contribution in [3.8, 4) is 17.4 Å². The number of alkyl halides is 3. The third-order valence-electron chi connectivity index (χ3n) is 4.47. The van der Waals surface area contributed by atoms with Gasteiger partial charge in [-0.25, -0.2) is 19.6 Å². The normalized spacial score (nSPS) is 13.2. The fourth-order valence-corrected chi connectivity index (χ4v) is 3.32. The summed E-state index contributed by atoms with van der Waals surface area (Å²) in [6.07, 6.45) is -3.28. The monoisotopic (exact) mass is 461 g/mol. The first-order chi connectivity index (χ1) is 14.9. The highest BCUT2D eigenvalue weighted by Gasteiger charge is 2.36. The van der Waals surface area contributed by atoms with Gasteiger partial charge in [0, 0.05) is 12.3 Å². The maximum atomic E-state index is 13.5. The Morgan fingerprint density at radius 3 is 2.50 bits per heavy atom. The molecule has 0 saturated heterocycles. The smallest absolute Gasteiger partial charge is 0.418 e. The minimum absolute atomic E-state index is 0.0239. The molecule has 6 nitrogen and oxygen atoms in total. The molecule has 0 bridgehead atoms. The summed E-state index contributed by atoms with van der Waals surface area (Å²) in [6.45, 7) is 7.53. The number of halogens is 4. The predicted octanol–water partition coefficient (Wildman–Crippen LogP) is 5.76. The van der Waals surface area contributed by atoms with Crippen molar-refractivity contribution in [2.75, 3.05) is 0 Å². The van der Waals surface area contributed by atoms with Crippen LogP contribution in [-0.2, 0) is 6.18 Å². The summed E-state index contributed by atoms with van der Waals surface area (Å²) in [5, 5.41) is 4.49. The molecule has 3 aromatic heterocycles. The highest BCUT2D eigenvalue weighted by molar-refractivity contribution is 6.32. The van der Waals surface area contributed by atoms with Gasteiger partial charge in [-0.2, -0.15) is 18.3 Å². The zero-order chi connectivity index (χ0) is 23.3. The van der Waals surface area contributed by atoms with E-state index in [1.807, 2.05) is 39.8 Å². The Morgan fingerprint density at radius 1 is 1.09 bits per heavy atom. The Kier molecular flexibility index (Phi) is 5.32. The van der Waals surface area contributed by atoms with Crippen LogP contribution in [0.4, 0.5) is 13.2 Å². The van der Waals surface area contributed by atoms with Gasteiger partial charge < -0.3 is 4.42 Å². The number of nitrogens with zero attached hydrogens (tertiary/aromatic N) is 5. The number of fused-ring (bicyclic) bond motifs is 1. The minimum atomic E-state index is -4.69. The van der Waals surface area contributed by atoms with Gasteiger partial charge in [0.15, 0.2) is 11.5 Å². The maximum Gasteiger partial charge on any atom is 0.435 e. The Bertz CT molecular complexity index is 1380. The third kappa shape index (κ3) is 4.25. The second-order valence-corrected chi connectivity index (χ2v) is 8.62. The van der Waals surface area contributed by atoms with Crippen molar-refractivity contribution >= 4 is 22.5 Å². The lowest BCUT2D eigenvalue weighted by molar-refractivity contribution is -0.141. The molecule has 0 aliphatic rings. The van der Waals surface area contributed by atoms with Gasteiger partial charge in [-0.15, -0.1) is 0 Å². The van der Waals surface area contributed by atoms with Crippen LogP contribution in [0.5, 0.6) is 0 Å². The van der Waals surface area contributed by atoms with Gasteiger partial charge in [-0.05, 0) is 51.5 Å². The summed E-state index contributed by atoms with van der Waals surface area (Å²) in [5.41, 5.74) is -0.0259. The first-order valence-corrected chi connectivity index (χ1v) is 10.1. The zero-order valence-corrected chi connectivity index (χ0v) is 18.5. The van der Waals surface area contributed by atoms with Crippen LogP contribution in [0.2, 0.25) is 5.02 Å². The molecule has 0 radical (unpaired) electrons. The molecular weight excluding hydrogens is 443 g/mol. The molecule has 0 saturated carbocycles. The molecule has 4 aromatic rings. The van der Waals surface area contributed by atoms with Crippen LogP contribution in [0.25, 0.3) is 28.3 Å². The van der Waals surface area contributed by atoms with Gasteiger partial charge >= 0.3 is 6.18 Å². The second kappa shape index (κ2) is 7.74. The van der Waals surface area contributed by atoms with Crippen LogP contribution < -0.4 is 5.55 Å². The van der Waals surface area contributed by atoms with E-state index in [1.54, 1.807) is 12.1 Å². The van der Waals surface area contributed by atoms with Crippen molar-refractivity contribution in [1.82, 2.24) is 19.7 Å². The number of aromatic nitrogens is 4. The molecule has 0 aliphatic carbocycles. The van der Waals surface area contributed by atoms with Crippen LogP contribution in [-0.4, -0.2) is 25.3 Å². The van der Waals surface area contributed by atoms with Gasteiger partial charge in [0.1, 0.15) is 5.69 Å². The quantitative estimate of drug-likeness (QED) is 0.381. The molecule has 4 rings (SSSR count). The van der Waals surface area contributed by atoms with Crippen molar-refractivity contribution in [3.63, 3.8) is 0 Å². The number of rotatable bonds is 2. The van der Waals surface area contributed by atoms with E-state index in [0.29, 0.717) is 10.9 Å². The van der Waals surface area contributed by atoms with E-state index < -0.39 is 17.4 Å². The zero-order valence-electron chi connectivity index (χ0n) is 17.7. The number of benzene rings is 1. The van der Waals surface area contributed by atoms with Crippen molar-refractivity contribution in [2.45, 2.75) is 39.4 Å². The molecule has 0 N–H and O–H groups in total. The molecule has 0 amide bonds. The average molecular weight is 462 g/mol. The molecule has 0 atom stereocenters. The molecule has 1 aromatic carbocycles. The number of hydrogen-bond acceptors (Lipinski definition) is 5. The second-order valence-electron chi connectivity index (χ2n) is 8.21. The van der Waals surface area contributed by atoms with Crippen molar-refractivity contribution < 1.29 is 17.6 Å². The lowest BCUT2D eigenvalue weighted by Gasteiger charge is -2.12. The fraction of sp³-hybridized carbons (Fsp3) is 0.273. The van der Waals surface area contributed by atoms with Gasteiger partial charge in [-0.1, -0.05) is 23.7 Å². The highest BCUT2D eigenvalue weighted by atomic mass is 35.5. The van der Waals surface area contributed by atoms with Crippen LogP contribution in [0.1, 0.15) is 32.0 Å². The highest BCUT2D eigenvalue weighted by Crippen LogP contribution is 2.33. The first kappa shape index (κ1) is 22.0. The SMILES string of the molecule is Cc1cccc2/c(=N/C(C)(C)C)oc(-c3cc(C(F)(F)F)nn3-c3ncccc3Cl)nc12. The topological polar surface area (TPSA) is 69.1 Å². The molecule has 166 valence electrons. The largest absolute Gasteiger partial charge is 0.435 e.